The zero-order valence-electron chi connectivity index (χ0n) is 24.1. The fraction of sp³-hybridized carbons (Fsp3) is 0.212. The van der Waals surface area contributed by atoms with E-state index in [1.165, 1.54) is 24.1 Å². The molecule has 1 N–H and O–H groups in total. The number of carbonyl (C=O) groups excluding carboxylic acids is 2. The van der Waals surface area contributed by atoms with Crippen molar-refractivity contribution in [1.29, 1.82) is 0 Å². The molecule has 0 unspecified atom stereocenters. The van der Waals surface area contributed by atoms with Gasteiger partial charge in [-0.2, -0.15) is 0 Å². The molecule has 0 radical (unpaired) electrons. The molecule has 224 valence electrons. The number of amides is 2. The molecule has 0 heterocycles. The van der Waals surface area contributed by atoms with Gasteiger partial charge < -0.3 is 10.2 Å². The summed E-state index contributed by atoms with van der Waals surface area (Å²) in [6.45, 7) is 3.01. The number of sulfonamides is 1. The Bertz CT molecular complexity index is 1680. The number of nitrogens with one attached hydrogen (secondary N) is 1. The predicted molar refractivity (Wildman–Crippen MR) is 172 cm³/mol. The van der Waals surface area contributed by atoms with Gasteiger partial charge in [0.15, 0.2) is 0 Å². The van der Waals surface area contributed by atoms with E-state index >= 15 is 0 Å². The van der Waals surface area contributed by atoms with Crippen LogP contribution in [-0.2, 0) is 32.6 Å². The summed E-state index contributed by atoms with van der Waals surface area (Å²) in [6.07, 6.45) is 0.184. The number of benzene rings is 4. The number of hydrogen-bond acceptors (Lipinski definition) is 4. The Morgan fingerprint density at radius 1 is 0.814 bits per heavy atom. The summed E-state index contributed by atoms with van der Waals surface area (Å²) in [5.74, 6) is -1.01. The molecule has 0 saturated carbocycles. The Balaban J connectivity index is 1.85. The Morgan fingerprint density at radius 2 is 1.40 bits per heavy atom. The van der Waals surface area contributed by atoms with Crippen LogP contribution in [0, 0.1) is 13.8 Å². The largest absolute Gasteiger partial charge is 0.357 e. The Kier molecular flexibility index (Phi) is 10.5. The Hall–Kier alpha value is -3.85. The van der Waals surface area contributed by atoms with Crippen molar-refractivity contribution < 1.29 is 18.0 Å². The summed E-state index contributed by atoms with van der Waals surface area (Å²) >= 11 is 13.0. The highest BCUT2D eigenvalue weighted by atomic mass is 35.5. The van der Waals surface area contributed by atoms with Gasteiger partial charge in [0.05, 0.1) is 10.6 Å². The third-order valence-corrected chi connectivity index (χ3v) is 9.84. The molecule has 0 bridgehead atoms. The van der Waals surface area contributed by atoms with Crippen molar-refractivity contribution >= 4 is 50.7 Å². The number of anilines is 1. The molecule has 4 aromatic carbocycles. The second-order valence-corrected chi connectivity index (χ2v) is 12.8. The highest BCUT2D eigenvalue weighted by Crippen LogP contribution is 2.31. The van der Waals surface area contributed by atoms with Crippen LogP contribution in [0.3, 0.4) is 0 Å². The van der Waals surface area contributed by atoms with Crippen molar-refractivity contribution in [2.75, 3.05) is 17.9 Å². The Morgan fingerprint density at radius 3 is 2.00 bits per heavy atom. The number of hydrogen-bond donors (Lipinski definition) is 1. The number of likely N-dealkylation sites (N-methyl/N-ethyl adjacent to an activating group) is 1. The van der Waals surface area contributed by atoms with Gasteiger partial charge >= 0.3 is 0 Å². The van der Waals surface area contributed by atoms with Gasteiger partial charge in [0.2, 0.25) is 11.8 Å². The topological polar surface area (TPSA) is 86.8 Å². The second kappa shape index (κ2) is 14.1. The highest BCUT2D eigenvalue weighted by molar-refractivity contribution is 7.92. The van der Waals surface area contributed by atoms with Crippen molar-refractivity contribution in [3.8, 4) is 0 Å². The zero-order chi connectivity index (χ0) is 31.1. The fourth-order valence-corrected chi connectivity index (χ4v) is 6.82. The fourth-order valence-electron chi connectivity index (χ4n) is 4.81. The van der Waals surface area contributed by atoms with Gasteiger partial charge in [0, 0.05) is 35.6 Å². The third-order valence-electron chi connectivity index (χ3n) is 7.36. The van der Waals surface area contributed by atoms with Crippen molar-refractivity contribution in [2.24, 2.45) is 0 Å². The van der Waals surface area contributed by atoms with Crippen LogP contribution >= 0.6 is 23.2 Å². The van der Waals surface area contributed by atoms with Gasteiger partial charge in [-0.1, -0.05) is 89.9 Å². The van der Waals surface area contributed by atoms with Gasteiger partial charge in [-0.15, -0.1) is 0 Å². The van der Waals surface area contributed by atoms with Crippen molar-refractivity contribution in [1.82, 2.24) is 10.2 Å². The van der Waals surface area contributed by atoms with E-state index in [-0.39, 0.29) is 17.9 Å². The monoisotopic (exact) mass is 637 g/mol. The summed E-state index contributed by atoms with van der Waals surface area (Å²) in [5.41, 5.74) is 3.22. The first-order valence-corrected chi connectivity index (χ1v) is 15.9. The number of aryl methyl sites for hydroxylation is 1. The SMILES string of the molecule is CNC(=O)[C@@H](Cc1ccccc1)N(Cc1c(Cl)cccc1Cl)C(=O)CN(c1cccc(C)c1C)S(=O)(=O)c1ccccc1. The molecule has 0 aliphatic heterocycles. The molecule has 0 aromatic heterocycles. The first-order chi connectivity index (χ1) is 20.5. The lowest BCUT2D eigenvalue weighted by atomic mass is 10.0. The summed E-state index contributed by atoms with van der Waals surface area (Å²) in [7, 11) is -2.69. The lowest BCUT2D eigenvalue weighted by Gasteiger charge is -2.34. The maximum Gasteiger partial charge on any atom is 0.264 e. The number of nitrogens with zero attached hydrogens (tertiary/aromatic N) is 2. The van der Waals surface area contributed by atoms with E-state index in [2.05, 4.69) is 5.32 Å². The number of halogens is 2. The first kappa shape index (κ1) is 32.1. The lowest BCUT2D eigenvalue weighted by molar-refractivity contribution is -0.139. The van der Waals surface area contributed by atoms with E-state index in [4.69, 9.17) is 23.2 Å². The van der Waals surface area contributed by atoms with Gasteiger partial charge in [-0.25, -0.2) is 8.42 Å². The summed E-state index contributed by atoms with van der Waals surface area (Å²) in [4.78, 5) is 29.2. The van der Waals surface area contributed by atoms with Crippen molar-refractivity contribution in [2.45, 2.75) is 37.8 Å². The lowest BCUT2D eigenvalue weighted by Crippen LogP contribution is -2.53. The zero-order valence-corrected chi connectivity index (χ0v) is 26.5. The molecular weight excluding hydrogens is 605 g/mol. The van der Waals surface area contributed by atoms with Crippen LogP contribution in [0.2, 0.25) is 10.0 Å². The molecule has 4 aromatic rings. The van der Waals surface area contributed by atoms with Crippen LogP contribution in [-0.4, -0.2) is 44.8 Å². The Labute approximate surface area is 263 Å². The van der Waals surface area contributed by atoms with Gasteiger partial charge in [-0.3, -0.25) is 13.9 Å². The van der Waals surface area contributed by atoms with Crippen LogP contribution < -0.4 is 9.62 Å². The maximum absolute atomic E-state index is 14.4. The predicted octanol–water partition coefficient (Wildman–Crippen LogP) is 6.19. The summed E-state index contributed by atoms with van der Waals surface area (Å²) < 4.78 is 29.3. The van der Waals surface area contributed by atoms with E-state index in [1.807, 2.05) is 50.2 Å². The highest BCUT2D eigenvalue weighted by Gasteiger charge is 2.35. The summed E-state index contributed by atoms with van der Waals surface area (Å²) in [5, 5.41) is 3.31. The molecule has 7 nitrogen and oxygen atoms in total. The molecule has 0 saturated heterocycles. The van der Waals surface area contributed by atoms with E-state index in [0.717, 1.165) is 15.4 Å². The van der Waals surface area contributed by atoms with Crippen LogP contribution in [0.4, 0.5) is 5.69 Å². The molecule has 1 atom stereocenters. The standard InChI is InChI=1S/C33H33Cl2N3O4S/c1-23-12-10-19-30(24(23)2)38(43(41,42)26-15-8-5-9-16-26)22-32(39)37(21-27-28(34)17-11-18-29(27)35)31(33(40)36-3)20-25-13-6-4-7-14-25/h4-19,31H,20-22H2,1-3H3,(H,36,40)/t31-/m1/s1. The molecule has 43 heavy (non-hydrogen) atoms. The van der Waals surface area contributed by atoms with E-state index in [1.54, 1.807) is 48.5 Å². The smallest absolute Gasteiger partial charge is 0.264 e. The average molecular weight is 639 g/mol. The number of carbonyl (C=O) groups is 2. The second-order valence-electron chi connectivity index (χ2n) is 10.1. The normalized spacial score (nSPS) is 11.9. The third kappa shape index (κ3) is 7.39. The van der Waals surface area contributed by atoms with Gasteiger partial charge in [0.25, 0.3) is 10.0 Å². The van der Waals surface area contributed by atoms with Crippen LogP contribution in [0.25, 0.3) is 0 Å². The molecule has 0 fully saturated rings. The molecule has 0 aliphatic rings. The van der Waals surface area contributed by atoms with E-state index < -0.39 is 34.4 Å². The van der Waals surface area contributed by atoms with Crippen molar-refractivity contribution in [3.63, 3.8) is 0 Å². The number of rotatable bonds is 11. The molecule has 4 rings (SSSR count). The maximum atomic E-state index is 14.4. The average Bonchev–Trinajstić information content (AvgIpc) is 3.01. The quantitative estimate of drug-likeness (QED) is 0.212. The molecular formula is C33H33Cl2N3O4S. The molecule has 2 amide bonds. The molecule has 10 heteroatoms. The minimum atomic E-state index is -4.19. The van der Waals surface area contributed by atoms with Gasteiger partial charge in [-0.05, 0) is 60.9 Å². The summed E-state index contributed by atoms with van der Waals surface area (Å²) in [6, 6.07) is 26.5. The van der Waals surface area contributed by atoms with Crippen LogP contribution in [0.15, 0.2) is 102 Å². The van der Waals surface area contributed by atoms with Crippen LogP contribution in [0.5, 0.6) is 0 Å². The minimum absolute atomic E-state index is 0.0385. The van der Waals surface area contributed by atoms with E-state index in [9.17, 15) is 18.0 Å². The molecule has 0 aliphatic carbocycles. The minimum Gasteiger partial charge on any atom is -0.357 e. The van der Waals surface area contributed by atoms with Crippen molar-refractivity contribution in [3.05, 3.63) is 129 Å². The van der Waals surface area contributed by atoms with Gasteiger partial charge in [0.1, 0.15) is 12.6 Å². The van der Waals surface area contributed by atoms with Crippen LogP contribution in [0.1, 0.15) is 22.3 Å². The van der Waals surface area contributed by atoms with E-state index in [0.29, 0.717) is 26.9 Å². The first-order valence-electron chi connectivity index (χ1n) is 13.7. The molecule has 0 spiro atoms.